The van der Waals surface area contributed by atoms with Gasteiger partial charge in [-0.2, -0.15) is 0 Å². The van der Waals surface area contributed by atoms with Gasteiger partial charge in [-0.25, -0.2) is 9.79 Å². The lowest BCUT2D eigenvalue weighted by atomic mass is 10.1. The van der Waals surface area contributed by atoms with E-state index in [0.717, 1.165) is 5.75 Å². The molecule has 3 rings (SSSR count). The van der Waals surface area contributed by atoms with Gasteiger partial charge in [-0.15, -0.1) is 0 Å². The van der Waals surface area contributed by atoms with Crippen LogP contribution in [0, 0.1) is 0 Å². The third-order valence-electron chi connectivity index (χ3n) is 3.76. The Morgan fingerprint density at radius 3 is 2.50 bits per heavy atom. The molecular weight excluding hydrogens is 334 g/mol. The number of rotatable bonds is 6. The monoisotopic (exact) mass is 353 g/mol. The lowest BCUT2D eigenvalue weighted by Gasteiger charge is -2.09. The number of ether oxygens (including phenoxy) is 4. The summed E-state index contributed by atoms with van der Waals surface area (Å²) in [6, 6.07) is 12.6. The highest BCUT2D eigenvalue weighted by molar-refractivity contribution is 6.13. The Kier molecular flexibility index (Phi) is 5.22. The van der Waals surface area contributed by atoms with Crippen molar-refractivity contribution < 1.29 is 23.7 Å². The molecule has 0 aliphatic carbocycles. The molecule has 0 N–H and O–H groups in total. The second-order valence-corrected chi connectivity index (χ2v) is 5.38. The molecule has 0 amide bonds. The van der Waals surface area contributed by atoms with Gasteiger partial charge >= 0.3 is 5.97 Å². The zero-order valence-corrected chi connectivity index (χ0v) is 14.8. The van der Waals surface area contributed by atoms with Crippen LogP contribution in [0.5, 0.6) is 17.2 Å². The molecule has 0 saturated heterocycles. The highest BCUT2D eigenvalue weighted by Crippen LogP contribution is 2.33. The molecule has 0 bridgehead atoms. The predicted molar refractivity (Wildman–Crippen MR) is 97.8 cm³/mol. The maximum atomic E-state index is 12.2. The number of carbonyl (C=O) groups excluding carboxylic acids is 1. The number of nitrogens with zero attached hydrogens (tertiary/aromatic N) is 1. The first-order valence-corrected chi connectivity index (χ1v) is 8.13. The molecular formula is C20H19NO5. The van der Waals surface area contributed by atoms with Crippen molar-refractivity contribution in [1.29, 1.82) is 0 Å². The van der Waals surface area contributed by atoms with Gasteiger partial charge in [0.25, 0.3) is 0 Å². The minimum atomic E-state index is -0.515. The number of esters is 1. The molecule has 0 spiro atoms. The molecule has 2 aromatic rings. The molecule has 6 nitrogen and oxygen atoms in total. The molecule has 26 heavy (non-hydrogen) atoms. The van der Waals surface area contributed by atoms with Crippen LogP contribution in [-0.4, -0.2) is 32.7 Å². The van der Waals surface area contributed by atoms with E-state index in [4.69, 9.17) is 18.9 Å². The Morgan fingerprint density at radius 1 is 1.08 bits per heavy atom. The van der Waals surface area contributed by atoms with Crippen LogP contribution >= 0.6 is 0 Å². The first-order valence-electron chi connectivity index (χ1n) is 8.13. The molecule has 6 heteroatoms. The number of benzene rings is 2. The van der Waals surface area contributed by atoms with Gasteiger partial charge in [0.1, 0.15) is 5.75 Å². The van der Waals surface area contributed by atoms with Crippen LogP contribution in [0.25, 0.3) is 6.08 Å². The molecule has 1 aliphatic rings. The van der Waals surface area contributed by atoms with Crippen molar-refractivity contribution in [2.24, 2.45) is 4.99 Å². The summed E-state index contributed by atoms with van der Waals surface area (Å²) in [5, 5.41) is 0. The van der Waals surface area contributed by atoms with Crippen LogP contribution < -0.4 is 14.2 Å². The summed E-state index contributed by atoms with van der Waals surface area (Å²) in [5.41, 5.74) is 1.57. The standard InChI is InChI=1S/C20H19NO5/c1-4-25-15-10-8-13(9-11-15)19-21-16(20(22)26-19)12-14-6-5-7-17(23-2)18(14)24-3/h5-12H,4H2,1-3H3/b16-12-. The Morgan fingerprint density at radius 2 is 1.85 bits per heavy atom. The lowest BCUT2D eigenvalue weighted by molar-refractivity contribution is -0.129. The Bertz CT molecular complexity index is 868. The van der Waals surface area contributed by atoms with Crippen molar-refractivity contribution in [2.75, 3.05) is 20.8 Å². The zero-order chi connectivity index (χ0) is 18.5. The topological polar surface area (TPSA) is 66.3 Å². The summed E-state index contributed by atoms with van der Waals surface area (Å²) in [5.74, 6) is 1.59. The van der Waals surface area contributed by atoms with Gasteiger partial charge in [0.05, 0.1) is 20.8 Å². The van der Waals surface area contributed by atoms with E-state index in [1.54, 1.807) is 38.5 Å². The van der Waals surface area contributed by atoms with E-state index < -0.39 is 5.97 Å². The third-order valence-corrected chi connectivity index (χ3v) is 3.76. The Labute approximate surface area is 151 Å². The van der Waals surface area contributed by atoms with Crippen LogP contribution in [0.15, 0.2) is 53.2 Å². The maximum absolute atomic E-state index is 12.2. The maximum Gasteiger partial charge on any atom is 0.363 e. The SMILES string of the molecule is CCOc1ccc(C2=N/C(=C\c3cccc(OC)c3OC)C(=O)O2)cc1. The fraction of sp³-hybridized carbons (Fsp3) is 0.200. The molecule has 1 aliphatic heterocycles. The second-order valence-electron chi connectivity index (χ2n) is 5.38. The van der Waals surface area contributed by atoms with E-state index in [9.17, 15) is 4.79 Å². The Hall–Kier alpha value is -3.28. The van der Waals surface area contributed by atoms with Crippen LogP contribution in [0.3, 0.4) is 0 Å². The molecule has 1 heterocycles. The van der Waals surface area contributed by atoms with E-state index in [1.165, 1.54) is 0 Å². The average Bonchev–Trinajstić information content (AvgIpc) is 3.03. The predicted octanol–water partition coefficient (Wildman–Crippen LogP) is 3.45. The van der Waals surface area contributed by atoms with E-state index in [1.807, 2.05) is 31.2 Å². The third kappa shape index (κ3) is 3.54. The molecule has 0 unspecified atom stereocenters. The first kappa shape index (κ1) is 17.5. The normalized spacial score (nSPS) is 14.8. The van der Waals surface area contributed by atoms with E-state index in [-0.39, 0.29) is 11.6 Å². The molecule has 0 fully saturated rings. The summed E-state index contributed by atoms with van der Waals surface area (Å²) in [4.78, 5) is 16.5. The summed E-state index contributed by atoms with van der Waals surface area (Å²) in [7, 11) is 3.10. The molecule has 0 saturated carbocycles. The van der Waals surface area contributed by atoms with Crippen LogP contribution in [-0.2, 0) is 9.53 Å². The van der Waals surface area contributed by atoms with Crippen molar-refractivity contribution in [2.45, 2.75) is 6.92 Å². The zero-order valence-electron chi connectivity index (χ0n) is 14.8. The number of aliphatic imine (C=N–C) groups is 1. The van der Waals surface area contributed by atoms with Gasteiger partial charge < -0.3 is 18.9 Å². The summed E-state index contributed by atoms with van der Waals surface area (Å²) in [6.07, 6.45) is 1.62. The number of para-hydroxylation sites is 1. The number of carbonyl (C=O) groups is 1. The first-order chi connectivity index (χ1) is 12.7. The smallest absolute Gasteiger partial charge is 0.363 e. The van der Waals surface area contributed by atoms with Crippen LogP contribution in [0.4, 0.5) is 0 Å². The van der Waals surface area contributed by atoms with Crippen molar-refractivity contribution in [3.8, 4) is 17.2 Å². The Balaban J connectivity index is 1.92. The van der Waals surface area contributed by atoms with Crippen LogP contribution in [0.2, 0.25) is 0 Å². The summed E-state index contributed by atoms with van der Waals surface area (Å²) in [6.45, 7) is 2.51. The minimum absolute atomic E-state index is 0.195. The lowest BCUT2D eigenvalue weighted by Crippen LogP contribution is -2.05. The van der Waals surface area contributed by atoms with Gasteiger partial charge in [0.15, 0.2) is 17.2 Å². The number of methoxy groups -OCH3 is 2. The highest BCUT2D eigenvalue weighted by atomic mass is 16.6. The van der Waals surface area contributed by atoms with E-state index in [2.05, 4.69) is 4.99 Å². The number of hydrogen-bond acceptors (Lipinski definition) is 6. The second kappa shape index (κ2) is 7.74. The molecule has 0 aromatic heterocycles. The van der Waals surface area contributed by atoms with Gasteiger partial charge in [0, 0.05) is 11.1 Å². The fourth-order valence-corrected chi connectivity index (χ4v) is 2.57. The summed E-state index contributed by atoms with van der Waals surface area (Å²) < 4.78 is 21.3. The highest BCUT2D eigenvalue weighted by Gasteiger charge is 2.25. The number of cyclic esters (lactones) is 1. The van der Waals surface area contributed by atoms with Gasteiger partial charge in [-0.1, -0.05) is 12.1 Å². The van der Waals surface area contributed by atoms with Gasteiger partial charge in [-0.3, -0.25) is 0 Å². The molecule has 0 radical (unpaired) electrons. The largest absolute Gasteiger partial charge is 0.494 e. The fourth-order valence-electron chi connectivity index (χ4n) is 2.57. The summed E-state index contributed by atoms with van der Waals surface area (Å²) >= 11 is 0. The quantitative estimate of drug-likeness (QED) is 0.588. The molecule has 0 atom stereocenters. The van der Waals surface area contributed by atoms with Crippen molar-refractivity contribution in [3.63, 3.8) is 0 Å². The van der Waals surface area contributed by atoms with Crippen molar-refractivity contribution in [3.05, 3.63) is 59.3 Å². The van der Waals surface area contributed by atoms with E-state index >= 15 is 0 Å². The van der Waals surface area contributed by atoms with Gasteiger partial charge in [0.2, 0.25) is 5.90 Å². The van der Waals surface area contributed by atoms with Crippen molar-refractivity contribution in [1.82, 2.24) is 0 Å². The van der Waals surface area contributed by atoms with Gasteiger partial charge in [-0.05, 0) is 43.3 Å². The van der Waals surface area contributed by atoms with E-state index in [0.29, 0.717) is 29.2 Å². The van der Waals surface area contributed by atoms with Crippen LogP contribution in [0.1, 0.15) is 18.1 Å². The molecule has 134 valence electrons. The van der Waals surface area contributed by atoms with Crippen molar-refractivity contribution >= 4 is 17.9 Å². The molecule has 2 aromatic carbocycles. The average molecular weight is 353 g/mol. The number of hydrogen-bond donors (Lipinski definition) is 0. The minimum Gasteiger partial charge on any atom is -0.494 e.